The average Bonchev–Trinajstić information content (AvgIpc) is 2.31. The number of carbonyl (C=O) groups excluding carboxylic acids is 1. The Morgan fingerprint density at radius 2 is 1.65 bits per heavy atom. The van der Waals surface area contributed by atoms with E-state index in [-0.39, 0.29) is 5.78 Å². The van der Waals surface area contributed by atoms with Crippen LogP contribution >= 0.6 is 0 Å². The molecule has 4 N–H and O–H groups in total. The van der Waals surface area contributed by atoms with Crippen molar-refractivity contribution in [2.24, 2.45) is 0 Å². The maximum absolute atomic E-state index is 11.3. The summed E-state index contributed by atoms with van der Waals surface area (Å²) in [6.45, 7) is 1.54. The molecule has 0 fully saturated rings. The molecule has 0 atom stereocenters. The Balaban J connectivity index is 2.54. The molecule has 0 unspecified atom stereocenters. The fourth-order valence-electron chi connectivity index (χ4n) is 1.69. The van der Waals surface area contributed by atoms with Gasteiger partial charge in [-0.05, 0) is 42.8 Å². The molecule has 2 aromatic rings. The highest BCUT2D eigenvalue weighted by Crippen LogP contribution is 2.27. The number of Topliss-reactive ketones (excluding diaryl/α,β-unsaturated/α-hetero) is 1. The molecule has 0 bridgehead atoms. The van der Waals surface area contributed by atoms with E-state index in [9.17, 15) is 4.79 Å². The number of hydrogen-bond donors (Lipinski definition) is 2. The van der Waals surface area contributed by atoms with Crippen LogP contribution < -0.4 is 11.5 Å². The second kappa shape index (κ2) is 4.29. The van der Waals surface area contributed by atoms with Crippen molar-refractivity contribution in [2.45, 2.75) is 6.92 Å². The fourth-order valence-corrected chi connectivity index (χ4v) is 1.69. The van der Waals surface area contributed by atoms with E-state index in [0.717, 1.165) is 11.1 Å². The van der Waals surface area contributed by atoms with Gasteiger partial charge in [-0.1, -0.05) is 12.1 Å². The summed E-state index contributed by atoms with van der Waals surface area (Å²) < 4.78 is 0. The molecule has 0 saturated heterocycles. The Morgan fingerprint density at radius 1 is 1.00 bits per heavy atom. The Kier molecular flexibility index (Phi) is 2.83. The summed E-state index contributed by atoms with van der Waals surface area (Å²) in [5.74, 6) is 0.0293. The molecular weight excluding hydrogens is 212 g/mol. The number of benzene rings is 2. The molecule has 0 aliphatic heterocycles. The van der Waals surface area contributed by atoms with E-state index in [4.69, 9.17) is 11.5 Å². The van der Waals surface area contributed by atoms with Gasteiger partial charge in [-0.2, -0.15) is 0 Å². The minimum absolute atomic E-state index is 0.0293. The van der Waals surface area contributed by atoms with Gasteiger partial charge in [0.05, 0.1) is 0 Å². The molecular formula is C14H14N2O. The Bertz CT molecular complexity index is 559. The van der Waals surface area contributed by atoms with Gasteiger partial charge in [-0.3, -0.25) is 4.79 Å². The van der Waals surface area contributed by atoms with Gasteiger partial charge in [0, 0.05) is 22.5 Å². The molecule has 86 valence electrons. The molecule has 17 heavy (non-hydrogen) atoms. The van der Waals surface area contributed by atoms with Crippen molar-refractivity contribution in [2.75, 3.05) is 11.5 Å². The smallest absolute Gasteiger partial charge is 0.159 e. The lowest BCUT2D eigenvalue weighted by Crippen LogP contribution is -1.96. The van der Waals surface area contributed by atoms with Crippen molar-refractivity contribution >= 4 is 17.2 Å². The maximum Gasteiger partial charge on any atom is 0.159 e. The highest BCUT2D eigenvalue weighted by atomic mass is 16.1. The SMILES string of the molecule is CC(=O)c1ccc(N)c(-c2ccc(N)cc2)c1. The third kappa shape index (κ3) is 2.28. The molecule has 2 aromatic carbocycles. The molecule has 0 aliphatic carbocycles. The van der Waals surface area contributed by atoms with Crippen molar-refractivity contribution in [3.8, 4) is 11.1 Å². The minimum Gasteiger partial charge on any atom is -0.399 e. The van der Waals surface area contributed by atoms with Gasteiger partial charge in [0.15, 0.2) is 5.78 Å². The van der Waals surface area contributed by atoms with Gasteiger partial charge < -0.3 is 11.5 Å². The van der Waals surface area contributed by atoms with E-state index >= 15 is 0 Å². The van der Waals surface area contributed by atoms with Crippen LogP contribution in [0, 0.1) is 0 Å². The lowest BCUT2D eigenvalue weighted by Gasteiger charge is -2.08. The minimum atomic E-state index is 0.0293. The van der Waals surface area contributed by atoms with Gasteiger partial charge in [-0.15, -0.1) is 0 Å². The second-order valence-corrected chi connectivity index (χ2v) is 3.98. The fraction of sp³-hybridized carbons (Fsp3) is 0.0714. The molecule has 0 radical (unpaired) electrons. The molecule has 0 aliphatic rings. The maximum atomic E-state index is 11.3. The van der Waals surface area contributed by atoms with Crippen LogP contribution in [0.15, 0.2) is 42.5 Å². The average molecular weight is 226 g/mol. The van der Waals surface area contributed by atoms with Crippen LogP contribution in [-0.4, -0.2) is 5.78 Å². The van der Waals surface area contributed by atoms with Crippen LogP contribution in [0.1, 0.15) is 17.3 Å². The van der Waals surface area contributed by atoms with E-state index in [1.807, 2.05) is 30.3 Å². The van der Waals surface area contributed by atoms with E-state index in [2.05, 4.69) is 0 Å². The van der Waals surface area contributed by atoms with Gasteiger partial charge in [0.25, 0.3) is 0 Å². The first kappa shape index (κ1) is 11.2. The highest BCUT2D eigenvalue weighted by molar-refractivity contribution is 5.96. The molecule has 0 saturated carbocycles. The number of hydrogen-bond acceptors (Lipinski definition) is 3. The zero-order valence-electron chi connectivity index (χ0n) is 9.60. The highest BCUT2D eigenvalue weighted by Gasteiger charge is 2.06. The van der Waals surface area contributed by atoms with E-state index < -0.39 is 0 Å². The lowest BCUT2D eigenvalue weighted by molar-refractivity contribution is 0.101. The number of rotatable bonds is 2. The summed E-state index contributed by atoms with van der Waals surface area (Å²) in [6, 6.07) is 12.7. The number of ketones is 1. The number of carbonyl (C=O) groups is 1. The van der Waals surface area contributed by atoms with Crippen molar-refractivity contribution in [3.05, 3.63) is 48.0 Å². The van der Waals surface area contributed by atoms with Gasteiger partial charge in [0.2, 0.25) is 0 Å². The summed E-state index contributed by atoms with van der Waals surface area (Å²) in [6.07, 6.45) is 0. The number of anilines is 2. The predicted molar refractivity (Wildman–Crippen MR) is 70.7 cm³/mol. The van der Waals surface area contributed by atoms with Crippen molar-refractivity contribution in [1.82, 2.24) is 0 Å². The number of nitrogen functional groups attached to an aromatic ring is 2. The van der Waals surface area contributed by atoms with Crippen molar-refractivity contribution < 1.29 is 4.79 Å². The Labute approximate surface area is 100 Å². The monoisotopic (exact) mass is 226 g/mol. The van der Waals surface area contributed by atoms with Crippen LogP contribution in [0.3, 0.4) is 0 Å². The normalized spacial score (nSPS) is 10.2. The van der Waals surface area contributed by atoms with Gasteiger partial charge >= 0.3 is 0 Å². The largest absolute Gasteiger partial charge is 0.399 e. The first-order valence-electron chi connectivity index (χ1n) is 5.34. The third-order valence-electron chi connectivity index (χ3n) is 2.68. The zero-order chi connectivity index (χ0) is 12.4. The van der Waals surface area contributed by atoms with Crippen LogP contribution in [0.4, 0.5) is 11.4 Å². The first-order chi connectivity index (χ1) is 8.08. The Morgan fingerprint density at radius 3 is 2.24 bits per heavy atom. The van der Waals surface area contributed by atoms with E-state index in [1.54, 1.807) is 12.1 Å². The predicted octanol–water partition coefficient (Wildman–Crippen LogP) is 2.72. The van der Waals surface area contributed by atoms with Crippen molar-refractivity contribution in [1.29, 1.82) is 0 Å². The summed E-state index contributed by atoms with van der Waals surface area (Å²) in [5.41, 5.74) is 15.4. The molecule has 3 nitrogen and oxygen atoms in total. The zero-order valence-corrected chi connectivity index (χ0v) is 9.60. The molecule has 3 heteroatoms. The third-order valence-corrected chi connectivity index (χ3v) is 2.68. The second-order valence-electron chi connectivity index (χ2n) is 3.98. The topological polar surface area (TPSA) is 69.1 Å². The molecule has 0 aromatic heterocycles. The van der Waals surface area contributed by atoms with Crippen LogP contribution in [0.2, 0.25) is 0 Å². The molecule has 0 amide bonds. The summed E-state index contributed by atoms with van der Waals surface area (Å²) in [7, 11) is 0. The molecule has 0 spiro atoms. The van der Waals surface area contributed by atoms with Crippen LogP contribution in [0.25, 0.3) is 11.1 Å². The number of nitrogens with two attached hydrogens (primary N) is 2. The summed E-state index contributed by atoms with van der Waals surface area (Å²) in [4.78, 5) is 11.3. The van der Waals surface area contributed by atoms with Gasteiger partial charge in [-0.25, -0.2) is 0 Å². The molecule has 0 heterocycles. The van der Waals surface area contributed by atoms with E-state index in [0.29, 0.717) is 16.9 Å². The summed E-state index contributed by atoms with van der Waals surface area (Å²) in [5, 5.41) is 0. The van der Waals surface area contributed by atoms with Gasteiger partial charge in [0.1, 0.15) is 0 Å². The van der Waals surface area contributed by atoms with Crippen molar-refractivity contribution in [3.63, 3.8) is 0 Å². The Hall–Kier alpha value is -2.29. The van der Waals surface area contributed by atoms with Crippen LogP contribution in [-0.2, 0) is 0 Å². The lowest BCUT2D eigenvalue weighted by atomic mass is 9.99. The first-order valence-corrected chi connectivity index (χ1v) is 5.34. The summed E-state index contributed by atoms with van der Waals surface area (Å²) >= 11 is 0. The molecule has 2 rings (SSSR count). The van der Waals surface area contributed by atoms with E-state index in [1.165, 1.54) is 6.92 Å². The van der Waals surface area contributed by atoms with Crippen LogP contribution in [0.5, 0.6) is 0 Å². The standard InChI is InChI=1S/C14H14N2O/c1-9(17)11-4-7-14(16)13(8-11)10-2-5-12(15)6-3-10/h2-8H,15-16H2,1H3. The quantitative estimate of drug-likeness (QED) is 0.611.